The zero-order valence-corrected chi connectivity index (χ0v) is 12.1. The molecule has 2 heteroatoms. The highest BCUT2D eigenvalue weighted by Crippen LogP contribution is 2.56. The van der Waals surface area contributed by atoms with E-state index in [1.165, 1.54) is 5.56 Å². The summed E-state index contributed by atoms with van der Waals surface area (Å²) < 4.78 is 0. The lowest BCUT2D eigenvalue weighted by Crippen LogP contribution is -2.48. The molecule has 2 rings (SSSR count). The van der Waals surface area contributed by atoms with Crippen molar-refractivity contribution >= 4 is 5.97 Å². The summed E-state index contributed by atoms with van der Waals surface area (Å²) in [4.78, 5) is 11.4. The van der Waals surface area contributed by atoms with Crippen LogP contribution in [-0.2, 0) is 11.2 Å². The second-order valence-corrected chi connectivity index (χ2v) is 6.60. The van der Waals surface area contributed by atoms with E-state index in [0.717, 1.165) is 25.7 Å². The summed E-state index contributed by atoms with van der Waals surface area (Å²) in [5.41, 5.74) is 0.454. The van der Waals surface area contributed by atoms with Crippen LogP contribution in [0.25, 0.3) is 0 Å². The quantitative estimate of drug-likeness (QED) is 0.834. The standard InChI is InChI=1S/C17H24O2/c1-16(2)14(11-12-17(16,3)15(18)19)10-9-13-7-5-4-6-8-13/h4-8,14H,9-12H2,1-3H3,(H,18,19)/p-1/t14-,17-/m0/s1. The molecule has 0 N–H and O–H groups in total. The van der Waals surface area contributed by atoms with Gasteiger partial charge in [-0.05, 0) is 42.6 Å². The van der Waals surface area contributed by atoms with Crippen molar-refractivity contribution in [2.45, 2.75) is 46.5 Å². The molecule has 0 radical (unpaired) electrons. The van der Waals surface area contributed by atoms with Gasteiger partial charge in [-0.15, -0.1) is 0 Å². The number of aryl methyl sites for hydroxylation is 1. The van der Waals surface area contributed by atoms with E-state index in [1.54, 1.807) is 0 Å². The number of aliphatic carboxylic acids is 1. The van der Waals surface area contributed by atoms with Crippen molar-refractivity contribution < 1.29 is 9.90 Å². The van der Waals surface area contributed by atoms with Crippen LogP contribution in [0.1, 0.15) is 45.6 Å². The van der Waals surface area contributed by atoms with Gasteiger partial charge < -0.3 is 9.90 Å². The van der Waals surface area contributed by atoms with Gasteiger partial charge in [-0.1, -0.05) is 51.1 Å². The van der Waals surface area contributed by atoms with Gasteiger partial charge in [0.2, 0.25) is 0 Å². The summed E-state index contributed by atoms with van der Waals surface area (Å²) >= 11 is 0. The zero-order valence-electron chi connectivity index (χ0n) is 12.1. The van der Waals surface area contributed by atoms with Gasteiger partial charge in [0, 0.05) is 11.4 Å². The molecule has 0 saturated heterocycles. The smallest absolute Gasteiger partial charge is 0.0478 e. The molecule has 0 amide bonds. The number of carbonyl (C=O) groups is 1. The molecule has 0 spiro atoms. The summed E-state index contributed by atoms with van der Waals surface area (Å²) in [5.74, 6) is -0.435. The van der Waals surface area contributed by atoms with E-state index >= 15 is 0 Å². The van der Waals surface area contributed by atoms with E-state index in [4.69, 9.17) is 0 Å². The first-order valence-corrected chi connectivity index (χ1v) is 7.13. The Balaban J connectivity index is 2.05. The summed E-state index contributed by atoms with van der Waals surface area (Å²) in [5, 5.41) is 11.4. The number of carboxylic acids is 1. The Hall–Kier alpha value is -1.31. The minimum absolute atomic E-state index is 0.194. The average Bonchev–Trinajstić information content (AvgIpc) is 2.61. The van der Waals surface area contributed by atoms with Crippen molar-refractivity contribution in [3.05, 3.63) is 35.9 Å². The molecule has 1 fully saturated rings. The third-order valence-electron chi connectivity index (χ3n) is 5.51. The van der Waals surface area contributed by atoms with Crippen LogP contribution in [0.3, 0.4) is 0 Å². The number of hydrogen-bond donors (Lipinski definition) is 0. The minimum atomic E-state index is -0.889. The third-order valence-corrected chi connectivity index (χ3v) is 5.51. The molecule has 1 aromatic carbocycles. The van der Waals surface area contributed by atoms with Crippen LogP contribution in [0.5, 0.6) is 0 Å². The molecule has 0 aliphatic heterocycles. The van der Waals surface area contributed by atoms with E-state index in [2.05, 4.69) is 38.1 Å². The molecule has 2 atom stereocenters. The third kappa shape index (κ3) is 2.41. The van der Waals surface area contributed by atoms with Gasteiger partial charge in [0.25, 0.3) is 0 Å². The molecule has 0 heterocycles. The van der Waals surface area contributed by atoms with E-state index in [-0.39, 0.29) is 5.41 Å². The molecule has 1 aromatic rings. The van der Waals surface area contributed by atoms with E-state index < -0.39 is 11.4 Å². The van der Waals surface area contributed by atoms with Crippen molar-refractivity contribution in [2.75, 3.05) is 0 Å². The highest BCUT2D eigenvalue weighted by Gasteiger charge is 2.51. The molecule has 19 heavy (non-hydrogen) atoms. The predicted molar refractivity (Wildman–Crippen MR) is 74.4 cm³/mol. The Labute approximate surface area is 115 Å². The van der Waals surface area contributed by atoms with E-state index in [0.29, 0.717) is 5.92 Å². The molecule has 2 nitrogen and oxygen atoms in total. The fraction of sp³-hybridized carbons (Fsp3) is 0.588. The Kier molecular flexibility index (Phi) is 3.71. The fourth-order valence-corrected chi connectivity index (χ4v) is 3.45. The van der Waals surface area contributed by atoms with Gasteiger partial charge in [-0.2, -0.15) is 0 Å². The Morgan fingerprint density at radius 1 is 1.26 bits per heavy atom. The van der Waals surface area contributed by atoms with E-state index in [9.17, 15) is 9.90 Å². The van der Waals surface area contributed by atoms with Crippen LogP contribution in [0.4, 0.5) is 0 Å². The molecular weight excluding hydrogens is 236 g/mol. The number of hydrogen-bond acceptors (Lipinski definition) is 2. The summed E-state index contributed by atoms with van der Waals surface area (Å²) in [6.07, 6.45) is 3.81. The summed E-state index contributed by atoms with van der Waals surface area (Å²) in [7, 11) is 0. The van der Waals surface area contributed by atoms with Crippen LogP contribution in [0, 0.1) is 16.7 Å². The lowest BCUT2D eigenvalue weighted by Gasteiger charge is -2.42. The van der Waals surface area contributed by atoms with Gasteiger partial charge in [0.15, 0.2) is 0 Å². The summed E-state index contributed by atoms with van der Waals surface area (Å²) in [6.45, 7) is 6.03. The number of rotatable bonds is 4. The Morgan fingerprint density at radius 2 is 1.89 bits per heavy atom. The largest absolute Gasteiger partial charge is 0.550 e. The normalized spacial score (nSPS) is 29.3. The van der Waals surface area contributed by atoms with Crippen LogP contribution in [0.15, 0.2) is 30.3 Å². The second-order valence-electron chi connectivity index (χ2n) is 6.60. The second kappa shape index (κ2) is 4.99. The molecule has 0 unspecified atom stereocenters. The highest BCUT2D eigenvalue weighted by atomic mass is 16.4. The topological polar surface area (TPSA) is 40.1 Å². The Morgan fingerprint density at radius 3 is 2.42 bits per heavy atom. The van der Waals surface area contributed by atoms with Crippen LogP contribution < -0.4 is 5.11 Å². The van der Waals surface area contributed by atoms with Gasteiger partial charge in [0.1, 0.15) is 0 Å². The van der Waals surface area contributed by atoms with Gasteiger partial charge in [0.05, 0.1) is 0 Å². The first kappa shape index (κ1) is 14.1. The van der Waals surface area contributed by atoms with Gasteiger partial charge >= 0.3 is 0 Å². The van der Waals surface area contributed by atoms with Gasteiger partial charge in [-0.25, -0.2) is 0 Å². The maximum atomic E-state index is 11.4. The van der Waals surface area contributed by atoms with Gasteiger partial charge in [-0.3, -0.25) is 0 Å². The van der Waals surface area contributed by atoms with Crippen LogP contribution in [0.2, 0.25) is 0 Å². The molecule has 0 bridgehead atoms. The average molecular weight is 259 g/mol. The first-order valence-electron chi connectivity index (χ1n) is 7.13. The van der Waals surface area contributed by atoms with Crippen molar-refractivity contribution in [3.8, 4) is 0 Å². The van der Waals surface area contributed by atoms with Crippen molar-refractivity contribution in [1.29, 1.82) is 0 Å². The Bertz CT molecular complexity index is 450. The first-order chi connectivity index (χ1) is 8.88. The molecule has 1 aliphatic rings. The fourth-order valence-electron chi connectivity index (χ4n) is 3.45. The van der Waals surface area contributed by atoms with Crippen molar-refractivity contribution in [2.24, 2.45) is 16.7 Å². The minimum Gasteiger partial charge on any atom is -0.550 e. The monoisotopic (exact) mass is 259 g/mol. The lowest BCUT2D eigenvalue weighted by molar-refractivity contribution is -0.323. The van der Waals surface area contributed by atoms with Crippen molar-refractivity contribution in [3.63, 3.8) is 0 Å². The van der Waals surface area contributed by atoms with Crippen LogP contribution >= 0.6 is 0 Å². The predicted octanol–water partition coefficient (Wildman–Crippen LogP) is 2.81. The SMILES string of the molecule is CC1(C)[C@@H](CCc2ccccc2)CC[C@@]1(C)C(=O)[O-]. The lowest BCUT2D eigenvalue weighted by atomic mass is 9.65. The maximum absolute atomic E-state index is 11.4. The number of carbonyl (C=O) groups excluding carboxylic acids is 1. The zero-order chi connectivity index (χ0) is 14.1. The van der Waals surface area contributed by atoms with E-state index in [1.807, 2.05) is 13.0 Å². The molecular formula is C17H23O2-. The molecule has 104 valence electrons. The number of carboxylic acid groups (broad SMARTS) is 1. The van der Waals surface area contributed by atoms with Crippen LogP contribution in [-0.4, -0.2) is 5.97 Å². The highest BCUT2D eigenvalue weighted by molar-refractivity contribution is 5.73. The molecule has 1 saturated carbocycles. The summed E-state index contributed by atoms with van der Waals surface area (Å²) in [6, 6.07) is 10.4. The maximum Gasteiger partial charge on any atom is 0.0478 e. The molecule has 1 aliphatic carbocycles. The number of benzene rings is 1. The van der Waals surface area contributed by atoms with Crippen molar-refractivity contribution in [1.82, 2.24) is 0 Å². The molecule has 0 aromatic heterocycles.